The number of fused-ring (bicyclic) bond motifs is 1. The molecule has 1 aromatic carbocycles. The van der Waals surface area contributed by atoms with Gasteiger partial charge in [0.1, 0.15) is 34.9 Å². The number of hydrogen-bond acceptors (Lipinski definition) is 7. The quantitative estimate of drug-likeness (QED) is 0.552. The summed E-state index contributed by atoms with van der Waals surface area (Å²) in [6.07, 6.45) is -3.75. The molecule has 0 radical (unpaired) electrons. The van der Waals surface area contributed by atoms with Crippen LogP contribution in [0.2, 0.25) is 0 Å². The first-order chi connectivity index (χ1) is 17.5. The number of anilines is 1. The fourth-order valence-electron chi connectivity index (χ4n) is 5.23. The van der Waals surface area contributed by atoms with Gasteiger partial charge in [0.15, 0.2) is 5.82 Å². The topological polar surface area (TPSA) is 94.6 Å². The van der Waals surface area contributed by atoms with Crippen LogP contribution in [0.3, 0.4) is 0 Å². The Hall–Kier alpha value is -3.12. The number of hydrogen-bond donors (Lipinski definition) is 1. The van der Waals surface area contributed by atoms with E-state index in [-0.39, 0.29) is 18.2 Å². The average Bonchev–Trinajstić information content (AvgIpc) is 3.39. The van der Waals surface area contributed by atoms with E-state index in [2.05, 4.69) is 4.98 Å². The second-order valence-corrected chi connectivity index (χ2v) is 9.81. The molecule has 0 spiro atoms. The summed E-state index contributed by atoms with van der Waals surface area (Å²) in [5.41, 5.74) is 0.0889. The van der Waals surface area contributed by atoms with Gasteiger partial charge in [-0.2, -0.15) is 18.2 Å². The molecule has 0 bridgehead atoms. The first-order valence-corrected chi connectivity index (χ1v) is 12.4. The fraction of sp³-hybridized carbons (Fsp3) is 0.560. The Labute approximate surface area is 211 Å². The minimum absolute atomic E-state index is 0.0542. The van der Waals surface area contributed by atoms with Crippen LogP contribution in [0.15, 0.2) is 29.1 Å². The normalized spacial score (nSPS) is 24.7. The Balaban J connectivity index is 1.37. The van der Waals surface area contributed by atoms with Gasteiger partial charge in [-0.05, 0) is 44.5 Å². The molecule has 2 fully saturated rings. The number of imidazole rings is 1. The number of halogens is 3. The Morgan fingerprint density at radius 3 is 2.54 bits per heavy atom. The lowest BCUT2D eigenvalue weighted by Gasteiger charge is -2.38. The molecule has 3 aromatic rings. The molecule has 0 aliphatic carbocycles. The number of rotatable bonds is 5. The summed E-state index contributed by atoms with van der Waals surface area (Å²) in [5, 5.41) is 10.2. The van der Waals surface area contributed by atoms with Crippen molar-refractivity contribution in [2.45, 2.75) is 70.2 Å². The maximum Gasteiger partial charge on any atom is 0.416 e. The number of aliphatic hydroxyl groups excluding tert-OH is 1. The van der Waals surface area contributed by atoms with E-state index in [1.807, 2.05) is 23.3 Å². The van der Waals surface area contributed by atoms with Crippen molar-refractivity contribution in [2.24, 2.45) is 7.05 Å². The van der Waals surface area contributed by atoms with E-state index in [1.165, 1.54) is 16.7 Å². The van der Waals surface area contributed by atoms with Crippen LogP contribution in [-0.4, -0.2) is 61.7 Å². The van der Waals surface area contributed by atoms with Crippen LogP contribution in [0.1, 0.15) is 37.6 Å². The second-order valence-electron chi connectivity index (χ2n) is 9.81. The van der Waals surface area contributed by atoms with Gasteiger partial charge in [-0.15, -0.1) is 0 Å². The third-order valence-electron chi connectivity index (χ3n) is 7.27. The third kappa shape index (κ3) is 4.91. The summed E-state index contributed by atoms with van der Waals surface area (Å²) in [6, 6.07) is 4.66. The number of benzene rings is 1. The van der Waals surface area contributed by atoms with Crippen LogP contribution in [0.25, 0.3) is 11.2 Å². The van der Waals surface area contributed by atoms with Gasteiger partial charge in [0, 0.05) is 39.1 Å². The minimum Gasteiger partial charge on any atom is -0.490 e. The van der Waals surface area contributed by atoms with Crippen LogP contribution < -0.4 is 15.3 Å². The van der Waals surface area contributed by atoms with E-state index >= 15 is 0 Å². The molecule has 200 valence electrons. The maximum atomic E-state index is 12.9. The number of piperidine rings is 1. The van der Waals surface area contributed by atoms with E-state index in [9.17, 15) is 23.1 Å². The van der Waals surface area contributed by atoms with Gasteiger partial charge in [-0.3, -0.25) is 4.57 Å². The highest BCUT2D eigenvalue weighted by atomic mass is 19.4. The van der Waals surface area contributed by atoms with Crippen LogP contribution in [0.4, 0.5) is 19.0 Å². The highest BCUT2D eigenvalue weighted by Crippen LogP contribution is 2.33. The number of aliphatic hydroxyl groups is 1. The third-order valence-corrected chi connectivity index (χ3v) is 7.27. The highest BCUT2D eigenvalue weighted by molar-refractivity contribution is 5.84. The molecule has 0 saturated carbocycles. The van der Waals surface area contributed by atoms with E-state index in [0.717, 1.165) is 12.1 Å². The smallest absolute Gasteiger partial charge is 0.416 e. The highest BCUT2D eigenvalue weighted by Gasteiger charge is 2.33. The molecule has 2 aliphatic rings. The predicted octanol–water partition coefficient (Wildman–Crippen LogP) is 3.04. The lowest BCUT2D eigenvalue weighted by Crippen LogP contribution is -2.45. The SMILES string of the molecule is Cc1nc2c(N3CC[C@H](Oc4ccc(C(F)(F)F)cc4)C[C@@H]3C)nc(=O)n(C)c2n1C[C@H]1OCC[C@@H]1O. The number of aryl methyl sites for hydroxylation is 2. The number of aromatic nitrogens is 4. The monoisotopic (exact) mass is 521 g/mol. The van der Waals surface area contributed by atoms with Crippen LogP contribution in [0.5, 0.6) is 5.75 Å². The molecular formula is C25H30F3N5O4. The van der Waals surface area contributed by atoms with Gasteiger partial charge in [0.25, 0.3) is 0 Å². The zero-order valence-electron chi connectivity index (χ0n) is 20.9. The molecule has 2 aliphatic heterocycles. The van der Waals surface area contributed by atoms with Crippen molar-refractivity contribution in [3.63, 3.8) is 0 Å². The van der Waals surface area contributed by atoms with Crippen molar-refractivity contribution < 1.29 is 27.8 Å². The summed E-state index contributed by atoms with van der Waals surface area (Å²) in [6.45, 7) is 5.25. The van der Waals surface area contributed by atoms with Crippen LogP contribution in [0, 0.1) is 6.92 Å². The first-order valence-electron chi connectivity index (χ1n) is 12.4. The molecule has 0 amide bonds. The first kappa shape index (κ1) is 25.5. The Morgan fingerprint density at radius 2 is 1.92 bits per heavy atom. The van der Waals surface area contributed by atoms with E-state index in [4.69, 9.17) is 14.5 Å². The molecule has 2 aromatic heterocycles. The maximum absolute atomic E-state index is 12.9. The Morgan fingerprint density at radius 1 is 1.19 bits per heavy atom. The van der Waals surface area contributed by atoms with Crippen molar-refractivity contribution in [3.8, 4) is 5.75 Å². The lowest BCUT2D eigenvalue weighted by molar-refractivity contribution is -0.137. The molecule has 2 saturated heterocycles. The average molecular weight is 522 g/mol. The van der Waals surface area contributed by atoms with Crippen molar-refractivity contribution in [2.75, 3.05) is 18.1 Å². The largest absolute Gasteiger partial charge is 0.490 e. The molecule has 12 heteroatoms. The van der Waals surface area contributed by atoms with Gasteiger partial charge in [-0.1, -0.05) is 0 Å². The van der Waals surface area contributed by atoms with Gasteiger partial charge in [0.05, 0.1) is 18.2 Å². The van der Waals surface area contributed by atoms with Crippen molar-refractivity contribution >= 4 is 17.0 Å². The van der Waals surface area contributed by atoms with E-state index in [0.29, 0.717) is 67.5 Å². The van der Waals surface area contributed by atoms with Gasteiger partial charge >= 0.3 is 11.9 Å². The summed E-state index contributed by atoms with van der Waals surface area (Å²) in [4.78, 5) is 24.0. The zero-order valence-corrected chi connectivity index (χ0v) is 20.9. The zero-order chi connectivity index (χ0) is 26.5. The number of alkyl halides is 3. The minimum atomic E-state index is -4.39. The second kappa shape index (κ2) is 9.64. The molecule has 5 rings (SSSR count). The van der Waals surface area contributed by atoms with Gasteiger partial charge in [-0.25, -0.2) is 9.78 Å². The molecule has 37 heavy (non-hydrogen) atoms. The standard InChI is InChI=1S/C25H30F3N5O4/c1-14-12-18(37-17-6-4-16(5-7-17)25(26,27)28)8-10-32(14)22-21-23(31(3)24(35)30-22)33(15(2)29-21)13-20-19(34)9-11-36-20/h4-7,14,18-20,34H,8-13H2,1-3H3/t14-,18-,19-,20+/m0/s1. The number of nitrogens with zero attached hydrogens (tertiary/aromatic N) is 5. The molecule has 4 heterocycles. The van der Waals surface area contributed by atoms with Crippen molar-refractivity contribution in [1.29, 1.82) is 0 Å². The lowest BCUT2D eigenvalue weighted by atomic mass is 10.0. The molecule has 1 N–H and O–H groups in total. The summed E-state index contributed by atoms with van der Waals surface area (Å²) in [5.74, 6) is 1.57. The summed E-state index contributed by atoms with van der Waals surface area (Å²) < 4.78 is 53.5. The van der Waals surface area contributed by atoms with E-state index < -0.39 is 23.5 Å². The van der Waals surface area contributed by atoms with E-state index in [1.54, 1.807) is 7.05 Å². The summed E-state index contributed by atoms with van der Waals surface area (Å²) >= 11 is 0. The van der Waals surface area contributed by atoms with Crippen LogP contribution in [-0.2, 0) is 24.5 Å². The van der Waals surface area contributed by atoms with Gasteiger partial charge in [0.2, 0.25) is 0 Å². The number of ether oxygens (including phenoxy) is 2. The van der Waals surface area contributed by atoms with Crippen molar-refractivity contribution in [1.82, 2.24) is 19.1 Å². The summed E-state index contributed by atoms with van der Waals surface area (Å²) in [7, 11) is 1.65. The fourth-order valence-corrected chi connectivity index (χ4v) is 5.23. The van der Waals surface area contributed by atoms with Crippen molar-refractivity contribution in [3.05, 3.63) is 46.1 Å². The van der Waals surface area contributed by atoms with Crippen LogP contribution >= 0.6 is 0 Å². The molecule has 0 unspecified atom stereocenters. The Kier molecular flexibility index (Phi) is 6.65. The molecular weight excluding hydrogens is 491 g/mol. The molecule has 4 atom stereocenters. The molecule has 9 nitrogen and oxygen atoms in total. The predicted molar refractivity (Wildman–Crippen MR) is 130 cm³/mol. The Bertz CT molecular complexity index is 1340. The van der Waals surface area contributed by atoms with Gasteiger partial charge < -0.3 is 24.0 Å².